The monoisotopic (exact) mass is 271 g/mol. The average molecular weight is 272 g/mol. The Bertz CT molecular complexity index is 352. The van der Waals surface area contributed by atoms with Crippen LogP contribution in [0.1, 0.15) is 49.1 Å². The van der Waals surface area contributed by atoms with Crippen LogP contribution in [0.2, 0.25) is 0 Å². The van der Waals surface area contributed by atoms with Gasteiger partial charge in [0.05, 0.1) is 5.69 Å². The number of rotatable bonds is 0. The number of hydrogen-bond donors (Lipinski definition) is 0. The van der Waals surface area contributed by atoms with Gasteiger partial charge in [-0.2, -0.15) is 0 Å². The lowest BCUT2D eigenvalue weighted by Gasteiger charge is -2.32. The van der Waals surface area contributed by atoms with E-state index in [1.165, 1.54) is 50.6 Å². The number of thiazole rings is 1. The van der Waals surface area contributed by atoms with Gasteiger partial charge in [-0.3, -0.25) is 0 Å². The van der Waals surface area contributed by atoms with Gasteiger partial charge in [-0.05, 0) is 41.6 Å². The first-order valence-electron chi connectivity index (χ1n) is 5.46. The summed E-state index contributed by atoms with van der Waals surface area (Å²) in [5.41, 5.74) is 1.95. The van der Waals surface area contributed by atoms with Crippen LogP contribution in [0, 0.1) is 0 Å². The maximum Gasteiger partial charge on any atom is 0.159 e. The summed E-state index contributed by atoms with van der Waals surface area (Å²) < 4.78 is 1.09. The van der Waals surface area contributed by atoms with Gasteiger partial charge in [-0.15, -0.1) is 11.3 Å². The Hall–Kier alpha value is 0.110. The number of halogens is 1. The third kappa shape index (κ3) is 1.28. The summed E-state index contributed by atoms with van der Waals surface area (Å²) in [6, 6.07) is 0. The van der Waals surface area contributed by atoms with Crippen molar-refractivity contribution in [3.63, 3.8) is 0 Å². The highest BCUT2D eigenvalue weighted by molar-refractivity contribution is 9.11. The number of fused-ring (bicyclic) bond motifs is 2. The molecule has 0 aromatic carbocycles. The fourth-order valence-electron chi connectivity index (χ4n) is 3.09. The van der Waals surface area contributed by atoms with Crippen molar-refractivity contribution in [1.29, 1.82) is 0 Å². The molecule has 2 aliphatic carbocycles. The van der Waals surface area contributed by atoms with E-state index in [9.17, 15) is 0 Å². The van der Waals surface area contributed by atoms with Crippen LogP contribution in [0.4, 0.5) is 0 Å². The van der Waals surface area contributed by atoms with Gasteiger partial charge in [0.2, 0.25) is 0 Å². The van der Waals surface area contributed by atoms with Crippen molar-refractivity contribution in [2.24, 2.45) is 0 Å². The van der Waals surface area contributed by atoms with Crippen LogP contribution in [0.25, 0.3) is 0 Å². The maximum absolute atomic E-state index is 4.70. The molecule has 0 bridgehead atoms. The molecule has 0 unspecified atom stereocenters. The number of hydrogen-bond acceptors (Lipinski definition) is 2. The van der Waals surface area contributed by atoms with Crippen LogP contribution in [-0.4, -0.2) is 4.98 Å². The third-order valence-electron chi connectivity index (χ3n) is 3.81. The Morgan fingerprint density at radius 2 is 1.93 bits per heavy atom. The molecule has 14 heavy (non-hydrogen) atoms. The molecule has 3 heteroatoms. The molecule has 2 aliphatic rings. The highest BCUT2D eigenvalue weighted by Gasteiger charge is 2.42. The lowest BCUT2D eigenvalue weighted by molar-refractivity contribution is 0.286. The van der Waals surface area contributed by atoms with E-state index < -0.39 is 0 Å². The van der Waals surface area contributed by atoms with Gasteiger partial charge >= 0.3 is 0 Å². The summed E-state index contributed by atoms with van der Waals surface area (Å²) >= 11 is 5.37. The Morgan fingerprint density at radius 3 is 2.71 bits per heavy atom. The highest BCUT2D eigenvalue weighted by Crippen LogP contribution is 2.50. The first-order chi connectivity index (χ1) is 6.80. The molecule has 76 valence electrons. The van der Waals surface area contributed by atoms with Gasteiger partial charge in [0, 0.05) is 10.3 Å². The zero-order chi connectivity index (χ0) is 9.60. The smallest absolute Gasteiger partial charge is 0.159 e. The van der Waals surface area contributed by atoms with Crippen molar-refractivity contribution in [3.05, 3.63) is 14.5 Å². The number of aromatic nitrogens is 1. The predicted octanol–water partition coefficient (Wildman–Crippen LogP) is 4.05. The molecule has 0 saturated heterocycles. The summed E-state index contributed by atoms with van der Waals surface area (Å²) in [5.74, 6) is 0. The molecule has 0 atom stereocenters. The Labute approximate surface area is 97.1 Å². The maximum atomic E-state index is 4.70. The van der Waals surface area contributed by atoms with Crippen molar-refractivity contribution in [2.75, 3.05) is 0 Å². The lowest BCUT2D eigenvalue weighted by atomic mass is 9.72. The second-order valence-corrected chi connectivity index (χ2v) is 6.94. The largest absolute Gasteiger partial charge is 0.233 e. The van der Waals surface area contributed by atoms with E-state index in [4.69, 9.17) is 4.98 Å². The minimum atomic E-state index is 0.496. The second-order valence-electron chi connectivity index (χ2n) is 4.58. The van der Waals surface area contributed by atoms with Crippen LogP contribution in [0.5, 0.6) is 0 Å². The minimum Gasteiger partial charge on any atom is -0.233 e. The van der Waals surface area contributed by atoms with Crippen LogP contribution in [0.3, 0.4) is 0 Å². The quantitative estimate of drug-likeness (QED) is 0.694. The van der Waals surface area contributed by atoms with E-state index in [-0.39, 0.29) is 0 Å². The highest BCUT2D eigenvalue weighted by atomic mass is 79.9. The molecule has 0 aliphatic heterocycles. The van der Waals surface area contributed by atoms with Crippen molar-refractivity contribution in [2.45, 2.75) is 50.4 Å². The van der Waals surface area contributed by atoms with E-state index in [1.807, 2.05) is 11.3 Å². The SMILES string of the molecule is Brc1nc2c(s1)CCC21CCCCC1. The second kappa shape index (κ2) is 3.31. The standard InChI is InChI=1S/C11H14BrNS/c12-10-13-9-8(14-10)4-7-11(9)5-2-1-3-6-11/h1-7H2. The zero-order valence-corrected chi connectivity index (χ0v) is 10.6. The fraction of sp³-hybridized carbons (Fsp3) is 0.727. The number of nitrogens with zero attached hydrogens (tertiary/aromatic N) is 1. The van der Waals surface area contributed by atoms with E-state index in [0.29, 0.717) is 5.41 Å². The molecule has 1 saturated carbocycles. The molecule has 1 aromatic heterocycles. The van der Waals surface area contributed by atoms with Crippen molar-refractivity contribution in [3.8, 4) is 0 Å². The molecule has 1 fully saturated rings. The first-order valence-corrected chi connectivity index (χ1v) is 7.07. The summed E-state index contributed by atoms with van der Waals surface area (Å²) in [7, 11) is 0. The Morgan fingerprint density at radius 1 is 1.14 bits per heavy atom. The molecule has 3 rings (SSSR count). The summed E-state index contributed by atoms with van der Waals surface area (Å²) in [5, 5.41) is 0. The molecule has 0 N–H and O–H groups in total. The summed E-state index contributed by atoms with van der Waals surface area (Å²) in [4.78, 5) is 6.26. The van der Waals surface area contributed by atoms with Crippen molar-refractivity contribution >= 4 is 27.3 Å². The van der Waals surface area contributed by atoms with Gasteiger partial charge in [0.1, 0.15) is 0 Å². The molecule has 0 amide bonds. The van der Waals surface area contributed by atoms with E-state index in [0.717, 1.165) is 3.92 Å². The Kier molecular flexibility index (Phi) is 2.21. The predicted molar refractivity (Wildman–Crippen MR) is 62.9 cm³/mol. The summed E-state index contributed by atoms with van der Waals surface area (Å²) in [6.07, 6.45) is 9.67. The van der Waals surface area contributed by atoms with Gasteiger partial charge in [0.15, 0.2) is 3.92 Å². The lowest BCUT2D eigenvalue weighted by Crippen LogP contribution is -2.26. The first kappa shape index (κ1) is 9.34. The van der Waals surface area contributed by atoms with Crippen LogP contribution in [-0.2, 0) is 11.8 Å². The van der Waals surface area contributed by atoms with Crippen molar-refractivity contribution in [1.82, 2.24) is 4.98 Å². The van der Waals surface area contributed by atoms with E-state index in [1.54, 1.807) is 4.88 Å². The van der Waals surface area contributed by atoms with E-state index >= 15 is 0 Å². The van der Waals surface area contributed by atoms with E-state index in [2.05, 4.69) is 15.9 Å². The van der Waals surface area contributed by atoms with Gasteiger partial charge in [-0.25, -0.2) is 4.98 Å². The summed E-state index contributed by atoms with van der Waals surface area (Å²) in [6.45, 7) is 0. The molecule has 1 heterocycles. The molecular formula is C11H14BrNS. The van der Waals surface area contributed by atoms with Gasteiger partial charge in [0.25, 0.3) is 0 Å². The Balaban J connectivity index is 2.01. The normalized spacial score (nSPS) is 24.1. The van der Waals surface area contributed by atoms with Crippen LogP contribution < -0.4 is 0 Å². The molecular weight excluding hydrogens is 258 g/mol. The van der Waals surface area contributed by atoms with Crippen LogP contribution >= 0.6 is 27.3 Å². The molecule has 0 radical (unpaired) electrons. The zero-order valence-electron chi connectivity index (χ0n) is 8.18. The molecule has 1 nitrogen and oxygen atoms in total. The van der Waals surface area contributed by atoms with Gasteiger partial charge in [-0.1, -0.05) is 19.3 Å². The van der Waals surface area contributed by atoms with Gasteiger partial charge < -0.3 is 0 Å². The van der Waals surface area contributed by atoms with Crippen molar-refractivity contribution < 1.29 is 0 Å². The molecule has 1 spiro atoms. The fourth-order valence-corrected chi connectivity index (χ4v) is 4.76. The number of aryl methyl sites for hydroxylation is 1. The topological polar surface area (TPSA) is 12.9 Å². The van der Waals surface area contributed by atoms with Crippen LogP contribution in [0.15, 0.2) is 3.92 Å². The molecule has 1 aromatic rings. The minimum absolute atomic E-state index is 0.496. The third-order valence-corrected chi connectivity index (χ3v) is 5.38. The average Bonchev–Trinajstić information content (AvgIpc) is 2.70.